The van der Waals surface area contributed by atoms with E-state index in [0.29, 0.717) is 86.9 Å². The molecule has 0 unspecified atom stereocenters. The highest BCUT2D eigenvalue weighted by atomic mass is 32.1. The maximum atomic E-state index is 14.5. The van der Waals surface area contributed by atoms with E-state index in [-0.39, 0.29) is 75.2 Å². The number of nitrogens with zero attached hydrogens (tertiary/aromatic N) is 8. The molecular formula is C48H18F4N8O8S5. The number of halogens is 4. The number of aromatic nitrogens is 4. The van der Waals surface area contributed by atoms with Gasteiger partial charge >= 0.3 is 0 Å². The highest BCUT2D eigenvalue weighted by Gasteiger charge is 2.38. The van der Waals surface area contributed by atoms with E-state index >= 15 is 0 Å². The van der Waals surface area contributed by atoms with Gasteiger partial charge in [0, 0.05) is 44.2 Å². The van der Waals surface area contributed by atoms with Gasteiger partial charge in [0.25, 0.3) is 0 Å². The van der Waals surface area contributed by atoms with E-state index in [1.807, 2.05) is 0 Å². The quantitative estimate of drug-likeness (QED) is 0.0392. The van der Waals surface area contributed by atoms with Gasteiger partial charge in [-0.05, 0) is 47.5 Å². The van der Waals surface area contributed by atoms with Crippen LogP contribution in [0, 0.1) is 68.6 Å². The smallest absolute Gasteiger partial charge is 0.194 e. The summed E-state index contributed by atoms with van der Waals surface area (Å²) >= 11 is 4.84. The molecule has 0 spiro atoms. The highest BCUT2D eigenvalue weighted by Crippen LogP contribution is 2.57. The number of aliphatic hydroxyl groups excluding tert-OH is 2. The van der Waals surface area contributed by atoms with Crippen LogP contribution in [0.4, 0.5) is 17.6 Å². The summed E-state index contributed by atoms with van der Waals surface area (Å²) in [5.41, 5.74) is -1.40. The molecule has 0 radical (unpaired) electrons. The van der Waals surface area contributed by atoms with Crippen LogP contribution in [0.25, 0.3) is 95.4 Å². The minimum absolute atomic E-state index is 0.0273. The van der Waals surface area contributed by atoms with Crippen LogP contribution in [0.3, 0.4) is 0 Å². The molecule has 16 nitrogen and oxygen atoms in total. The van der Waals surface area contributed by atoms with E-state index in [1.165, 1.54) is 12.2 Å². The second kappa shape index (κ2) is 16.2. The number of carbonyl (C=O) groups is 2. The summed E-state index contributed by atoms with van der Waals surface area (Å²) in [5.74, 6) is -7.77. The van der Waals surface area contributed by atoms with Crippen LogP contribution in [0.15, 0.2) is 46.6 Å². The lowest BCUT2D eigenvalue weighted by Gasteiger charge is -2.13. The van der Waals surface area contributed by atoms with E-state index in [9.17, 15) is 78.8 Å². The SMILES string of the molecule is N#CC(C#N)=C1/C(=C/c2sc3c(sc4c5c6nsnc6c6c7sc8c(O)c(/C=C9\C(=O)c%10cc(F)c(F)cc%10C9=C(C#N)C#N)sc8c7n(CC(O)O)c6c5n(CC(O)O)c34)c2O)C(=O)c2cc(F)c(F)cc21. The number of carbonyl (C=O) groups excluding carboxylic acids is 2. The van der Waals surface area contributed by atoms with Gasteiger partial charge in [0.2, 0.25) is 0 Å². The molecule has 2 aliphatic rings. The highest BCUT2D eigenvalue weighted by molar-refractivity contribution is 7.35. The Labute approximate surface area is 421 Å². The maximum Gasteiger partial charge on any atom is 0.194 e. The van der Waals surface area contributed by atoms with E-state index in [2.05, 4.69) is 8.75 Å². The average Bonchev–Trinajstić information content (AvgIpc) is 4.25. The Balaban J connectivity index is 1.13. The van der Waals surface area contributed by atoms with E-state index in [4.69, 9.17) is 0 Å². The molecule has 0 fully saturated rings. The fourth-order valence-corrected chi connectivity index (χ4v) is 15.7. The van der Waals surface area contributed by atoms with Crippen molar-refractivity contribution >= 4 is 164 Å². The standard InChI is InChI=1S/C48H18F4N8O8S5/c49-21-1-15-17(3-23(21)51)39(65)19(29(15)13(7-53)8-54)5-25-41(67)47-45(69-25)37-43(71-47)31-33-34(58-73-57-33)32-36(35(31)59(37)11-27(61)62)60(12-28(63)64)38-44(32)72-48-42(68)26(70-46(38)48)6-20-30(14(9-55)10-56)16-2-22(50)24(52)4-18(16)40(20)66/h1-6,27-28,61-64,67-68H,11-12H2/b19-5-,20-6-. The number of rotatable bonds is 6. The third kappa shape index (κ3) is 6.23. The molecule has 73 heavy (non-hydrogen) atoms. The Bertz CT molecular complexity index is 4320. The molecule has 0 amide bonds. The summed E-state index contributed by atoms with van der Waals surface area (Å²) in [5, 5.41) is 107. The number of hydrogen-bond donors (Lipinski definition) is 6. The summed E-state index contributed by atoms with van der Waals surface area (Å²) in [7, 11) is 0. The third-order valence-electron chi connectivity index (χ3n) is 12.6. The van der Waals surface area contributed by atoms with Gasteiger partial charge in [-0.15, -0.1) is 45.3 Å². The number of thiophene rings is 4. The predicted molar refractivity (Wildman–Crippen MR) is 263 cm³/mol. The minimum Gasteiger partial charge on any atom is -0.505 e. The monoisotopic (exact) mass is 1070 g/mol. The zero-order valence-electron chi connectivity index (χ0n) is 35.7. The second-order valence-electron chi connectivity index (χ2n) is 16.4. The summed E-state index contributed by atoms with van der Waals surface area (Å²) in [4.78, 5) is 27.7. The van der Waals surface area contributed by atoms with E-state index in [0.717, 1.165) is 57.1 Å². The van der Waals surface area contributed by atoms with Gasteiger partial charge in [0.1, 0.15) is 46.5 Å². The lowest BCUT2D eigenvalue weighted by molar-refractivity contribution is -0.0508. The fraction of sp³-hybridized carbons (Fsp3) is 0.0833. The molecule has 7 heterocycles. The number of aliphatic hydroxyl groups is 4. The second-order valence-corrected chi connectivity index (χ2v) is 21.1. The third-order valence-corrected chi connectivity index (χ3v) is 18.0. The first-order valence-electron chi connectivity index (χ1n) is 20.8. The molecule has 0 atom stereocenters. The van der Waals surface area contributed by atoms with Crippen LogP contribution in [0.5, 0.6) is 11.5 Å². The van der Waals surface area contributed by atoms with Crippen molar-refractivity contribution in [2.45, 2.75) is 25.7 Å². The van der Waals surface area contributed by atoms with Crippen molar-refractivity contribution in [2.75, 3.05) is 0 Å². The molecule has 3 aromatic carbocycles. The fourth-order valence-electron chi connectivity index (χ4n) is 9.77. The van der Waals surface area contributed by atoms with Crippen molar-refractivity contribution in [1.29, 1.82) is 21.0 Å². The number of fused-ring (bicyclic) bond motifs is 16. The molecule has 0 aliphatic heterocycles. The number of benzene rings is 3. The first kappa shape index (κ1) is 45.9. The van der Waals surface area contributed by atoms with Gasteiger partial charge in [-0.25, -0.2) is 17.6 Å². The predicted octanol–water partition coefficient (Wildman–Crippen LogP) is 9.21. The summed E-state index contributed by atoms with van der Waals surface area (Å²) in [6.45, 7) is -1.04. The molecule has 0 saturated heterocycles. The molecule has 356 valence electrons. The van der Waals surface area contributed by atoms with Gasteiger partial charge < -0.3 is 39.8 Å². The summed E-state index contributed by atoms with van der Waals surface area (Å²) < 4.78 is 72.5. The molecular weight excluding hydrogens is 1050 g/mol. The first-order chi connectivity index (χ1) is 35.0. The van der Waals surface area contributed by atoms with Crippen LogP contribution in [-0.2, 0) is 13.1 Å². The normalized spacial score (nSPS) is 14.8. The van der Waals surface area contributed by atoms with Crippen molar-refractivity contribution in [1.82, 2.24) is 17.9 Å². The van der Waals surface area contributed by atoms with Crippen LogP contribution >= 0.6 is 57.1 Å². The minimum atomic E-state index is -2.02. The van der Waals surface area contributed by atoms with Gasteiger partial charge in [-0.1, -0.05) is 0 Å². The van der Waals surface area contributed by atoms with Crippen LogP contribution < -0.4 is 0 Å². The number of Topliss-reactive ketones (excluding diaryl/α,β-unsaturated/α-hetero) is 2. The van der Waals surface area contributed by atoms with E-state index < -0.39 is 71.7 Å². The molecule has 25 heteroatoms. The van der Waals surface area contributed by atoms with Crippen molar-refractivity contribution < 1.29 is 57.8 Å². The molecule has 10 aromatic rings. The van der Waals surface area contributed by atoms with Crippen molar-refractivity contribution in [3.05, 3.63) is 102 Å². The maximum absolute atomic E-state index is 14.5. The zero-order valence-corrected chi connectivity index (χ0v) is 39.7. The van der Waals surface area contributed by atoms with Crippen LogP contribution in [-0.4, -0.2) is 72.7 Å². The Morgan fingerprint density at radius 3 is 1.25 bits per heavy atom. The molecule has 7 aromatic heterocycles. The molecule has 12 rings (SSSR count). The van der Waals surface area contributed by atoms with Gasteiger partial charge in [-0.2, -0.15) is 29.8 Å². The van der Waals surface area contributed by atoms with E-state index in [1.54, 1.807) is 33.4 Å². The number of hydrogen-bond acceptors (Lipinski definition) is 19. The zero-order chi connectivity index (χ0) is 51.4. The van der Waals surface area contributed by atoms with Crippen LogP contribution in [0.2, 0.25) is 0 Å². The average molecular weight is 1070 g/mol. The van der Waals surface area contributed by atoms with Crippen molar-refractivity contribution in [3.63, 3.8) is 0 Å². The lowest BCUT2D eigenvalue weighted by atomic mass is 9.99. The first-order valence-corrected chi connectivity index (χ1v) is 24.8. The molecule has 2 aliphatic carbocycles. The number of ketones is 2. The Morgan fingerprint density at radius 2 is 0.904 bits per heavy atom. The van der Waals surface area contributed by atoms with Gasteiger partial charge in [0.15, 0.2) is 58.9 Å². The Morgan fingerprint density at radius 1 is 0.548 bits per heavy atom. The topological polar surface area (TPSA) is 286 Å². The van der Waals surface area contributed by atoms with Gasteiger partial charge in [-0.3, -0.25) is 9.59 Å². The number of nitriles is 4. The lowest BCUT2D eigenvalue weighted by Crippen LogP contribution is -2.16. The Kier molecular flexibility index (Phi) is 10.2. The molecule has 6 N–H and O–H groups in total. The van der Waals surface area contributed by atoms with Gasteiger partial charge in [0.05, 0.1) is 84.8 Å². The number of aromatic hydroxyl groups is 2. The molecule has 0 bridgehead atoms. The van der Waals surface area contributed by atoms with Crippen LogP contribution in [0.1, 0.15) is 41.6 Å². The van der Waals surface area contributed by atoms with Crippen molar-refractivity contribution in [3.8, 4) is 35.8 Å². The Hall–Kier alpha value is -8.18. The summed E-state index contributed by atoms with van der Waals surface area (Å²) in [6, 6.07) is 9.50. The largest absolute Gasteiger partial charge is 0.505 e. The van der Waals surface area contributed by atoms with Crippen molar-refractivity contribution in [2.24, 2.45) is 0 Å². The molecule has 0 saturated carbocycles. The summed E-state index contributed by atoms with van der Waals surface area (Å²) in [6.07, 6.45) is -1.64. The number of allylic oxidation sites excluding steroid dienone is 6.